The molecular weight excluding hydrogens is 244 g/mol. The van der Waals surface area contributed by atoms with E-state index >= 15 is 0 Å². The van der Waals surface area contributed by atoms with Crippen molar-refractivity contribution >= 4 is 17.5 Å². The Labute approximate surface area is 112 Å². The van der Waals surface area contributed by atoms with E-state index in [1.807, 2.05) is 0 Å². The van der Waals surface area contributed by atoms with Gasteiger partial charge in [-0.2, -0.15) is 0 Å². The van der Waals surface area contributed by atoms with E-state index in [0.29, 0.717) is 24.5 Å². The second kappa shape index (κ2) is 5.69. The zero-order valence-electron chi connectivity index (χ0n) is 10.9. The van der Waals surface area contributed by atoms with Gasteiger partial charge >= 0.3 is 0 Å². The molecule has 1 aliphatic heterocycles. The average Bonchev–Trinajstić information content (AvgIpc) is 2.40. The summed E-state index contributed by atoms with van der Waals surface area (Å²) in [7, 11) is 0. The predicted molar refractivity (Wildman–Crippen MR) is 71.4 cm³/mol. The Balaban J connectivity index is 1.87. The third kappa shape index (κ3) is 3.43. The highest BCUT2D eigenvalue weighted by molar-refractivity contribution is 5.92. The molecule has 0 bridgehead atoms. The van der Waals surface area contributed by atoms with E-state index < -0.39 is 0 Å². The molecular formula is C13H18N4O2. The lowest BCUT2D eigenvalue weighted by molar-refractivity contribution is -0.129. The molecule has 0 aliphatic carbocycles. The van der Waals surface area contributed by atoms with Crippen molar-refractivity contribution in [3.8, 4) is 0 Å². The number of nitrogens with two attached hydrogens (primary N) is 1. The van der Waals surface area contributed by atoms with E-state index in [1.165, 1.54) is 6.20 Å². The SMILES string of the molecule is CC(=O)N1CCC(NC(=O)c2ccc(N)cn2)CC1. The Kier molecular flexibility index (Phi) is 3.99. The van der Waals surface area contributed by atoms with Crippen LogP contribution in [0.15, 0.2) is 18.3 Å². The maximum absolute atomic E-state index is 11.9. The van der Waals surface area contributed by atoms with Crippen LogP contribution in [0.1, 0.15) is 30.3 Å². The molecule has 1 aromatic rings. The molecule has 0 aromatic carbocycles. The van der Waals surface area contributed by atoms with Crippen LogP contribution in [0, 0.1) is 0 Å². The smallest absolute Gasteiger partial charge is 0.270 e. The van der Waals surface area contributed by atoms with Gasteiger partial charge in [-0.1, -0.05) is 0 Å². The summed E-state index contributed by atoms with van der Waals surface area (Å²) in [6.07, 6.45) is 3.02. The fourth-order valence-corrected chi connectivity index (χ4v) is 2.14. The number of pyridine rings is 1. The predicted octanol–water partition coefficient (Wildman–Crippen LogP) is 0.404. The van der Waals surface area contributed by atoms with Gasteiger partial charge in [0.2, 0.25) is 5.91 Å². The molecule has 102 valence electrons. The summed E-state index contributed by atoms with van der Waals surface area (Å²) < 4.78 is 0. The minimum absolute atomic E-state index is 0.0879. The van der Waals surface area contributed by atoms with Crippen LogP contribution in [0.5, 0.6) is 0 Å². The number of hydrogen-bond donors (Lipinski definition) is 2. The lowest BCUT2D eigenvalue weighted by Crippen LogP contribution is -2.46. The van der Waals surface area contributed by atoms with Gasteiger partial charge in [-0.3, -0.25) is 9.59 Å². The Bertz CT molecular complexity index is 464. The first kappa shape index (κ1) is 13.3. The Morgan fingerprint density at radius 1 is 1.37 bits per heavy atom. The van der Waals surface area contributed by atoms with Crippen LogP contribution in [-0.4, -0.2) is 40.8 Å². The number of hydrogen-bond acceptors (Lipinski definition) is 4. The van der Waals surface area contributed by atoms with Gasteiger partial charge in [0.05, 0.1) is 11.9 Å². The van der Waals surface area contributed by atoms with Crippen LogP contribution < -0.4 is 11.1 Å². The number of amides is 2. The third-order valence-corrected chi connectivity index (χ3v) is 3.29. The van der Waals surface area contributed by atoms with E-state index in [1.54, 1.807) is 24.0 Å². The summed E-state index contributed by atoms with van der Waals surface area (Å²) in [5.41, 5.74) is 6.42. The molecule has 0 saturated carbocycles. The second-order valence-electron chi connectivity index (χ2n) is 4.73. The molecule has 19 heavy (non-hydrogen) atoms. The van der Waals surface area contributed by atoms with Crippen molar-refractivity contribution in [1.29, 1.82) is 0 Å². The summed E-state index contributed by atoms with van der Waals surface area (Å²) in [4.78, 5) is 28.9. The Morgan fingerprint density at radius 3 is 2.58 bits per heavy atom. The summed E-state index contributed by atoms with van der Waals surface area (Å²) in [6.45, 7) is 2.95. The van der Waals surface area contributed by atoms with Crippen molar-refractivity contribution in [3.05, 3.63) is 24.0 Å². The van der Waals surface area contributed by atoms with Crippen molar-refractivity contribution in [2.24, 2.45) is 0 Å². The maximum atomic E-state index is 11.9. The molecule has 3 N–H and O–H groups in total. The molecule has 0 radical (unpaired) electrons. The number of nitrogens with one attached hydrogen (secondary N) is 1. The zero-order valence-corrected chi connectivity index (χ0v) is 10.9. The summed E-state index contributed by atoms with van der Waals surface area (Å²) in [5.74, 6) is -0.105. The Morgan fingerprint density at radius 2 is 2.05 bits per heavy atom. The molecule has 2 amide bonds. The first-order valence-electron chi connectivity index (χ1n) is 6.34. The van der Waals surface area contributed by atoms with Gasteiger partial charge in [-0.25, -0.2) is 4.98 Å². The molecule has 0 spiro atoms. The molecule has 2 rings (SSSR count). The monoisotopic (exact) mass is 262 g/mol. The van der Waals surface area contributed by atoms with Crippen molar-refractivity contribution in [2.45, 2.75) is 25.8 Å². The van der Waals surface area contributed by atoms with Gasteiger partial charge in [-0.15, -0.1) is 0 Å². The van der Waals surface area contributed by atoms with E-state index in [-0.39, 0.29) is 17.9 Å². The van der Waals surface area contributed by atoms with Gasteiger partial charge in [0, 0.05) is 26.1 Å². The van der Waals surface area contributed by atoms with Crippen LogP contribution in [0.25, 0.3) is 0 Å². The summed E-state index contributed by atoms with van der Waals surface area (Å²) >= 11 is 0. The number of likely N-dealkylation sites (tertiary alicyclic amines) is 1. The minimum Gasteiger partial charge on any atom is -0.397 e. The van der Waals surface area contributed by atoms with Crippen LogP contribution in [0.4, 0.5) is 5.69 Å². The molecule has 6 heteroatoms. The van der Waals surface area contributed by atoms with Crippen molar-refractivity contribution in [1.82, 2.24) is 15.2 Å². The number of rotatable bonds is 2. The van der Waals surface area contributed by atoms with Crippen LogP contribution >= 0.6 is 0 Å². The lowest BCUT2D eigenvalue weighted by atomic mass is 10.0. The van der Waals surface area contributed by atoms with Gasteiger partial charge in [-0.05, 0) is 25.0 Å². The van der Waals surface area contributed by atoms with Gasteiger partial charge < -0.3 is 16.0 Å². The zero-order chi connectivity index (χ0) is 13.8. The average molecular weight is 262 g/mol. The normalized spacial score (nSPS) is 16.2. The van der Waals surface area contributed by atoms with E-state index in [0.717, 1.165) is 12.8 Å². The number of aromatic nitrogens is 1. The van der Waals surface area contributed by atoms with Crippen LogP contribution in [-0.2, 0) is 4.79 Å². The molecule has 1 fully saturated rings. The molecule has 0 atom stereocenters. The maximum Gasteiger partial charge on any atom is 0.270 e. The third-order valence-electron chi connectivity index (χ3n) is 3.29. The number of nitrogen functional groups attached to an aromatic ring is 1. The van der Waals surface area contributed by atoms with Gasteiger partial charge in [0.1, 0.15) is 5.69 Å². The first-order valence-corrected chi connectivity index (χ1v) is 6.34. The molecule has 1 aliphatic rings. The quantitative estimate of drug-likeness (QED) is 0.807. The van der Waals surface area contributed by atoms with Crippen LogP contribution in [0.3, 0.4) is 0 Å². The second-order valence-corrected chi connectivity index (χ2v) is 4.73. The number of nitrogens with zero attached hydrogens (tertiary/aromatic N) is 2. The topological polar surface area (TPSA) is 88.3 Å². The van der Waals surface area contributed by atoms with Crippen molar-refractivity contribution < 1.29 is 9.59 Å². The lowest BCUT2D eigenvalue weighted by Gasteiger charge is -2.31. The van der Waals surface area contributed by atoms with E-state index in [9.17, 15) is 9.59 Å². The fraction of sp³-hybridized carbons (Fsp3) is 0.462. The van der Waals surface area contributed by atoms with Crippen LogP contribution in [0.2, 0.25) is 0 Å². The highest BCUT2D eigenvalue weighted by atomic mass is 16.2. The van der Waals surface area contributed by atoms with Crippen molar-refractivity contribution in [2.75, 3.05) is 18.8 Å². The standard InChI is InChI=1S/C13H18N4O2/c1-9(18)17-6-4-11(5-7-17)16-13(19)12-3-2-10(14)8-15-12/h2-3,8,11H,4-7,14H2,1H3,(H,16,19). The first-order chi connectivity index (χ1) is 9.06. The summed E-state index contributed by atoms with van der Waals surface area (Å²) in [5, 5.41) is 2.93. The van der Waals surface area contributed by atoms with E-state index in [4.69, 9.17) is 5.73 Å². The highest BCUT2D eigenvalue weighted by Crippen LogP contribution is 2.11. The van der Waals surface area contributed by atoms with Gasteiger partial charge in [0.25, 0.3) is 5.91 Å². The van der Waals surface area contributed by atoms with Crippen molar-refractivity contribution in [3.63, 3.8) is 0 Å². The summed E-state index contributed by atoms with van der Waals surface area (Å²) in [6, 6.07) is 3.36. The number of anilines is 1. The molecule has 2 heterocycles. The number of carbonyl (C=O) groups excluding carboxylic acids is 2. The van der Waals surface area contributed by atoms with E-state index in [2.05, 4.69) is 10.3 Å². The highest BCUT2D eigenvalue weighted by Gasteiger charge is 2.22. The fourth-order valence-electron chi connectivity index (χ4n) is 2.14. The number of piperidine rings is 1. The Hall–Kier alpha value is -2.11. The molecule has 1 aromatic heterocycles. The van der Waals surface area contributed by atoms with Gasteiger partial charge in [0.15, 0.2) is 0 Å². The number of carbonyl (C=O) groups is 2. The molecule has 0 unspecified atom stereocenters. The molecule has 1 saturated heterocycles. The minimum atomic E-state index is -0.193. The largest absolute Gasteiger partial charge is 0.397 e. The molecule has 6 nitrogen and oxygen atoms in total.